The van der Waals surface area contributed by atoms with Gasteiger partial charge in [0.05, 0.1) is 11.4 Å². The minimum atomic E-state index is -0.0192. The number of pyridine rings is 1. The monoisotopic (exact) mass is 457 g/mol. The molecule has 176 valence electrons. The molecule has 1 aromatic heterocycles. The van der Waals surface area contributed by atoms with Crippen LogP contribution in [0.2, 0.25) is 0 Å². The zero-order valence-corrected chi connectivity index (χ0v) is 19.2. The molecule has 2 N–H and O–H groups in total. The molecule has 4 rings (SSSR count). The summed E-state index contributed by atoms with van der Waals surface area (Å²) >= 11 is 0. The quantitative estimate of drug-likeness (QED) is 0.283. The highest BCUT2D eigenvalue weighted by atomic mass is 16.4. The molecule has 0 amide bonds. The standard InChI is InChI=1S/C27H31N5O2/c33-29-25(22-9-3-1-4-10-22)15-14-24(27(30-34)23-11-5-2-6-12-23)21-31-17-19-32(20-18-31)26-13-7-8-16-28-26/h1-13,16,24,33-34H,14-15,17-21H2. The highest BCUT2D eigenvalue weighted by molar-refractivity contribution is 6.03. The first-order chi connectivity index (χ1) is 16.8. The van der Waals surface area contributed by atoms with E-state index in [0.717, 1.165) is 49.7 Å². The fourth-order valence-electron chi connectivity index (χ4n) is 4.50. The second-order valence-corrected chi connectivity index (χ2v) is 8.48. The number of oxime groups is 2. The van der Waals surface area contributed by atoms with E-state index in [0.29, 0.717) is 24.3 Å². The summed E-state index contributed by atoms with van der Waals surface area (Å²) in [4.78, 5) is 9.19. The average molecular weight is 458 g/mol. The summed E-state index contributed by atoms with van der Waals surface area (Å²) in [5.41, 5.74) is 3.10. The van der Waals surface area contributed by atoms with Crippen LogP contribution in [0.1, 0.15) is 24.0 Å². The van der Waals surface area contributed by atoms with Gasteiger partial charge in [0.15, 0.2) is 0 Å². The summed E-state index contributed by atoms with van der Waals surface area (Å²) in [6.07, 6.45) is 3.10. The van der Waals surface area contributed by atoms with E-state index in [4.69, 9.17) is 0 Å². The van der Waals surface area contributed by atoms with Crippen molar-refractivity contribution in [2.45, 2.75) is 12.8 Å². The Hall–Kier alpha value is -3.71. The number of hydrogen-bond acceptors (Lipinski definition) is 7. The summed E-state index contributed by atoms with van der Waals surface area (Å²) in [5, 5.41) is 26.9. The lowest BCUT2D eigenvalue weighted by Gasteiger charge is -2.37. The van der Waals surface area contributed by atoms with Crippen molar-refractivity contribution in [3.05, 3.63) is 96.2 Å². The fraction of sp³-hybridized carbons (Fsp3) is 0.296. The first-order valence-corrected chi connectivity index (χ1v) is 11.7. The molecular formula is C27H31N5O2. The number of nitrogens with zero attached hydrogens (tertiary/aromatic N) is 5. The predicted molar refractivity (Wildman–Crippen MR) is 135 cm³/mol. The first kappa shape index (κ1) is 23.4. The SMILES string of the molecule is ON=C(CCC(CN1CCN(c2ccccn2)CC1)C(=NO)c1ccccc1)c1ccccc1. The van der Waals surface area contributed by atoms with Gasteiger partial charge in [0.2, 0.25) is 0 Å². The Morgan fingerprint density at radius 3 is 2.03 bits per heavy atom. The highest BCUT2D eigenvalue weighted by Crippen LogP contribution is 2.21. The van der Waals surface area contributed by atoms with Crippen LogP contribution >= 0.6 is 0 Å². The van der Waals surface area contributed by atoms with Crippen molar-refractivity contribution < 1.29 is 10.4 Å². The maximum atomic E-state index is 9.98. The van der Waals surface area contributed by atoms with E-state index in [1.54, 1.807) is 0 Å². The van der Waals surface area contributed by atoms with Gasteiger partial charge in [-0.2, -0.15) is 0 Å². The van der Waals surface area contributed by atoms with Gasteiger partial charge in [-0.25, -0.2) is 4.98 Å². The molecule has 0 saturated carbocycles. The van der Waals surface area contributed by atoms with Crippen molar-refractivity contribution >= 4 is 17.2 Å². The minimum Gasteiger partial charge on any atom is -0.411 e. The molecule has 0 aliphatic carbocycles. The third kappa shape index (κ3) is 5.99. The molecule has 1 aliphatic rings. The molecule has 7 nitrogen and oxygen atoms in total. The smallest absolute Gasteiger partial charge is 0.128 e. The molecule has 1 unspecified atom stereocenters. The van der Waals surface area contributed by atoms with Crippen molar-refractivity contribution in [2.24, 2.45) is 16.2 Å². The third-order valence-corrected chi connectivity index (χ3v) is 6.35. The van der Waals surface area contributed by atoms with Crippen molar-refractivity contribution in [3.63, 3.8) is 0 Å². The first-order valence-electron chi connectivity index (χ1n) is 11.7. The van der Waals surface area contributed by atoms with E-state index < -0.39 is 0 Å². The second-order valence-electron chi connectivity index (χ2n) is 8.48. The minimum absolute atomic E-state index is 0.0192. The van der Waals surface area contributed by atoms with Crippen LogP contribution in [-0.4, -0.2) is 64.4 Å². The van der Waals surface area contributed by atoms with Gasteiger partial charge >= 0.3 is 0 Å². The molecule has 1 aliphatic heterocycles. The van der Waals surface area contributed by atoms with E-state index >= 15 is 0 Å². The van der Waals surface area contributed by atoms with Gasteiger partial charge in [-0.3, -0.25) is 4.90 Å². The van der Waals surface area contributed by atoms with Gasteiger partial charge < -0.3 is 15.3 Å². The van der Waals surface area contributed by atoms with E-state index in [9.17, 15) is 10.4 Å². The van der Waals surface area contributed by atoms with Gasteiger partial charge in [0.1, 0.15) is 5.82 Å². The number of benzene rings is 2. The Morgan fingerprint density at radius 2 is 1.44 bits per heavy atom. The summed E-state index contributed by atoms with van der Waals surface area (Å²) in [5.74, 6) is 0.988. The zero-order valence-electron chi connectivity index (χ0n) is 19.2. The van der Waals surface area contributed by atoms with Gasteiger partial charge in [-0.15, -0.1) is 0 Å². The number of piperazine rings is 1. The molecule has 34 heavy (non-hydrogen) atoms. The van der Waals surface area contributed by atoms with Gasteiger partial charge in [-0.1, -0.05) is 77.0 Å². The highest BCUT2D eigenvalue weighted by Gasteiger charge is 2.25. The lowest BCUT2D eigenvalue weighted by molar-refractivity contribution is 0.232. The van der Waals surface area contributed by atoms with Crippen molar-refractivity contribution in [1.82, 2.24) is 9.88 Å². The van der Waals surface area contributed by atoms with Crippen LogP contribution < -0.4 is 4.90 Å². The van der Waals surface area contributed by atoms with Crippen LogP contribution in [0.4, 0.5) is 5.82 Å². The second kappa shape index (κ2) is 12.0. The van der Waals surface area contributed by atoms with E-state index in [-0.39, 0.29) is 5.92 Å². The van der Waals surface area contributed by atoms with Crippen LogP contribution in [0.5, 0.6) is 0 Å². The van der Waals surface area contributed by atoms with E-state index in [1.165, 1.54) is 0 Å². The fourth-order valence-corrected chi connectivity index (χ4v) is 4.50. The third-order valence-electron chi connectivity index (χ3n) is 6.35. The Labute approximate surface area is 200 Å². The van der Waals surface area contributed by atoms with E-state index in [1.807, 2.05) is 85.1 Å². The summed E-state index contributed by atoms with van der Waals surface area (Å²) < 4.78 is 0. The Balaban J connectivity index is 1.46. The molecule has 7 heteroatoms. The molecule has 1 saturated heterocycles. The Morgan fingerprint density at radius 1 is 0.794 bits per heavy atom. The molecular weight excluding hydrogens is 426 g/mol. The average Bonchev–Trinajstić information content (AvgIpc) is 2.91. The summed E-state index contributed by atoms with van der Waals surface area (Å²) in [6.45, 7) is 4.36. The van der Waals surface area contributed by atoms with Crippen LogP contribution in [-0.2, 0) is 0 Å². The van der Waals surface area contributed by atoms with Gasteiger partial charge in [0.25, 0.3) is 0 Å². The van der Waals surface area contributed by atoms with Gasteiger partial charge in [0, 0.05) is 44.8 Å². The maximum absolute atomic E-state index is 9.98. The molecule has 0 bridgehead atoms. The molecule has 0 radical (unpaired) electrons. The number of anilines is 1. The van der Waals surface area contributed by atoms with Crippen molar-refractivity contribution in [1.29, 1.82) is 0 Å². The van der Waals surface area contributed by atoms with Crippen LogP contribution in [0.15, 0.2) is 95.4 Å². The lowest BCUT2D eigenvalue weighted by Crippen LogP contribution is -2.48. The Bertz CT molecular complexity index is 1070. The number of rotatable bonds is 9. The van der Waals surface area contributed by atoms with Crippen molar-refractivity contribution in [3.8, 4) is 0 Å². The maximum Gasteiger partial charge on any atom is 0.128 e. The molecule has 0 spiro atoms. The largest absolute Gasteiger partial charge is 0.411 e. The van der Waals surface area contributed by atoms with Crippen molar-refractivity contribution in [2.75, 3.05) is 37.6 Å². The topological polar surface area (TPSA) is 84.6 Å². The molecule has 2 heterocycles. The number of aromatic nitrogens is 1. The zero-order chi connectivity index (χ0) is 23.6. The summed E-state index contributed by atoms with van der Waals surface area (Å²) in [7, 11) is 0. The van der Waals surface area contributed by atoms with Crippen LogP contribution in [0, 0.1) is 5.92 Å². The van der Waals surface area contributed by atoms with E-state index in [2.05, 4.69) is 25.1 Å². The van der Waals surface area contributed by atoms with Crippen LogP contribution in [0.3, 0.4) is 0 Å². The van der Waals surface area contributed by atoms with Gasteiger partial charge in [-0.05, 0) is 36.1 Å². The lowest BCUT2D eigenvalue weighted by atomic mass is 9.89. The number of hydrogen-bond donors (Lipinski definition) is 2. The molecule has 1 atom stereocenters. The molecule has 1 fully saturated rings. The Kier molecular flexibility index (Phi) is 8.24. The molecule has 2 aromatic carbocycles. The molecule has 3 aromatic rings. The summed E-state index contributed by atoms with van der Waals surface area (Å²) in [6, 6.07) is 25.5. The van der Waals surface area contributed by atoms with Crippen LogP contribution in [0.25, 0.3) is 0 Å². The normalized spacial score (nSPS) is 16.4. The predicted octanol–water partition coefficient (Wildman–Crippen LogP) is 4.36.